The summed E-state index contributed by atoms with van der Waals surface area (Å²) in [4.78, 5) is 39.2. The summed E-state index contributed by atoms with van der Waals surface area (Å²) < 4.78 is 1.80. The van der Waals surface area contributed by atoms with Crippen molar-refractivity contribution < 1.29 is 4.79 Å². The molecule has 3 aromatic heterocycles. The molecule has 1 saturated heterocycles. The number of carbonyl (C=O) groups is 1. The first kappa shape index (κ1) is 19.2. The van der Waals surface area contributed by atoms with Gasteiger partial charge in [0.05, 0.1) is 12.2 Å². The molecule has 0 bridgehead atoms. The van der Waals surface area contributed by atoms with Crippen LogP contribution >= 0.6 is 0 Å². The van der Waals surface area contributed by atoms with Crippen molar-refractivity contribution in [1.82, 2.24) is 29.6 Å². The minimum Gasteiger partial charge on any atom is -0.337 e. The van der Waals surface area contributed by atoms with Gasteiger partial charge in [-0.2, -0.15) is 5.10 Å². The molecule has 0 aliphatic carbocycles. The molecule has 5 rings (SSSR count). The van der Waals surface area contributed by atoms with E-state index in [4.69, 9.17) is 4.98 Å². The monoisotopic (exact) mass is 414 g/mol. The molecule has 0 radical (unpaired) electrons. The van der Waals surface area contributed by atoms with Crippen LogP contribution in [0.5, 0.6) is 0 Å². The van der Waals surface area contributed by atoms with Crippen LogP contribution < -0.4 is 5.56 Å². The lowest BCUT2D eigenvalue weighted by atomic mass is 10.0. The molecule has 1 atom stereocenters. The third-order valence-corrected chi connectivity index (χ3v) is 5.64. The zero-order chi connectivity index (χ0) is 21.2. The Morgan fingerprint density at radius 1 is 1.13 bits per heavy atom. The van der Waals surface area contributed by atoms with E-state index < -0.39 is 0 Å². The highest BCUT2D eigenvalue weighted by molar-refractivity contribution is 5.94. The average Bonchev–Trinajstić information content (AvgIpc) is 3.24. The lowest BCUT2D eigenvalue weighted by Crippen LogP contribution is -2.41. The van der Waals surface area contributed by atoms with E-state index >= 15 is 0 Å². The van der Waals surface area contributed by atoms with Crippen molar-refractivity contribution in [1.29, 1.82) is 0 Å². The molecular weight excluding hydrogens is 392 g/mol. The van der Waals surface area contributed by atoms with Gasteiger partial charge in [-0.15, -0.1) is 0 Å². The number of likely N-dealkylation sites (tertiary alicyclic amines) is 1. The smallest absolute Gasteiger partial charge is 0.262 e. The minimum absolute atomic E-state index is 0.0170. The maximum atomic E-state index is 12.9. The van der Waals surface area contributed by atoms with Gasteiger partial charge in [-0.3, -0.25) is 14.6 Å². The highest BCUT2D eigenvalue weighted by Gasteiger charge is 2.27. The van der Waals surface area contributed by atoms with E-state index in [0.717, 1.165) is 18.5 Å². The van der Waals surface area contributed by atoms with Crippen molar-refractivity contribution in [2.24, 2.45) is 0 Å². The predicted molar refractivity (Wildman–Crippen MR) is 116 cm³/mol. The molecule has 4 heterocycles. The second-order valence-electron chi connectivity index (χ2n) is 7.75. The fraction of sp³-hybridized carbons (Fsp3) is 0.261. The molecule has 1 aliphatic heterocycles. The summed E-state index contributed by atoms with van der Waals surface area (Å²) in [6.07, 6.45) is 5.45. The summed E-state index contributed by atoms with van der Waals surface area (Å²) in [5.41, 5.74) is 1.85. The van der Waals surface area contributed by atoms with Gasteiger partial charge in [0.25, 0.3) is 11.5 Å². The zero-order valence-electron chi connectivity index (χ0n) is 16.9. The van der Waals surface area contributed by atoms with Crippen molar-refractivity contribution >= 4 is 16.9 Å². The van der Waals surface area contributed by atoms with Gasteiger partial charge in [-0.25, -0.2) is 9.67 Å². The number of aromatic nitrogens is 5. The highest BCUT2D eigenvalue weighted by Crippen LogP contribution is 2.25. The quantitative estimate of drug-likeness (QED) is 0.554. The third kappa shape index (κ3) is 3.84. The Hall–Kier alpha value is -3.81. The summed E-state index contributed by atoms with van der Waals surface area (Å²) in [6.45, 7) is 1.25. The number of rotatable bonds is 4. The maximum Gasteiger partial charge on any atom is 0.262 e. The predicted octanol–water partition coefficient (Wildman–Crippen LogP) is 2.58. The van der Waals surface area contributed by atoms with E-state index in [2.05, 4.69) is 15.1 Å². The zero-order valence-corrected chi connectivity index (χ0v) is 16.9. The Kier molecular flexibility index (Phi) is 5.03. The van der Waals surface area contributed by atoms with Crippen LogP contribution in [0.2, 0.25) is 0 Å². The second kappa shape index (κ2) is 8.14. The molecule has 31 heavy (non-hydrogen) atoms. The molecule has 0 saturated carbocycles. The molecular formula is C23H22N6O2. The summed E-state index contributed by atoms with van der Waals surface area (Å²) in [5, 5.41) is 4.93. The van der Waals surface area contributed by atoms with Crippen molar-refractivity contribution in [3.63, 3.8) is 0 Å². The van der Waals surface area contributed by atoms with Gasteiger partial charge in [-0.05, 0) is 37.1 Å². The third-order valence-electron chi connectivity index (χ3n) is 5.64. The summed E-state index contributed by atoms with van der Waals surface area (Å²) >= 11 is 0. The summed E-state index contributed by atoms with van der Waals surface area (Å²) in [6, 6.07) is 14.9. The fourth-order valence-corrected chi connectivity index (χ4v) is 4.11. The first-order chi connectivity index (χ1) is 15.2. The normalized spacial score (nSPS) is 16.5. The highest BCUT2D eigenvalue weighted by atomic mass is 16.2. The fourth-order valence-electron chi connectivity index (χ4n) is 4.11. The number of benzene rings is 1. The molecule has 8 nitrogen and oxygen atoms in total. The molecule has 1 fully saturated rings. The van der Waals surface area contributed by atoms with Gasteiger partial charge in [0.15, 0.2) is 5.65 Å². The van der Waals surface area contributed by atoms with Gasteiger partial charge in [0.1, 0.15) is 11.2 Å². The molecule has 1 amide bonds. The second-order valence-corrected chi connectivity index (χ2v) is 7.75. The number of aromatic amines is 1. The number of fused-ring (bicyclic) bond motifs is 1. The van der Waals surface area contributed by atoms with Crippen LogP contribution in [0.4, 0.5) is 0 Å². The van der Waals surface area contributed by atoms with E-state index in [1.807, 2.05) is 53.4 Å². The lowest BCUT2D eigenvalue weighted by molar-refractivity contribution is 0.0675. The first-order valence-corrected chi connectivity index (χ1v) is 10.4. The molecule has 8 heteroatoms. The molecule has 156 valence electrons. The van der Waals surface area contributed by atoms with E-state index in [9.17, 15) is 9.59 Å². The standard InChI is InChI=1S/C23H22N6O2/c30-22-19-14-25-29(21(19)26-20(27-22)13-17-9-4-5-11-24-17)18-10-6-12-28(15-18)23(31)16-7-2-1-3-8-16/h1-5,7-9,11,14,18H,6,10,12-13,15H2,(H,26,27,30). The molecule has 1 unspecified atom stereocenters. The number of hydrogen-bond acceptors (Lipinski definition) is 5. The Morgan fingerprint density at radius 3 is 2.77 bits per heavy atom. The Morgan fingerprint density at radius 2 is 1.97 bits per heavy atom. The molecule has 1 aromatic carbocycles. The van der Waals surface area contributed by atoms with E-state index in [0.29, 0.717) is 41.9 Å². The van der Waals surface area contributed by atoms with Crippen LogP contribution in [0.3, 0.4) is 0 Å². The van der Waals surface area contributed by atoms with Crippen molar-refractivity contribution in [2.75, 3.05) is 13.1 Å². The van der Waals surface area contributed by atoms with Gasteiger partial charge >= 0.3 is 0 Å². The molecule has 0 spiro atoms. The van der Waals surface area contributed by atoms with Crippen LogP contribution in [0.1, 0.15) is 40.8 Å². The molecule has 1 N–H and O–H groups in total. The SMILES string of the molecule is O=C(c1ccccc1)N1CCCC(n2ncc3c(=O)[nH]c(Cc4ccccn4)nc32)C1. The van der Waals surface area contributed by atoms with Crippen molar-refractivity contribution in [3.8, 4) is 0 Å². The Labute approximate surface area is 178 Å². The van der Waals surface area contributed by atoms with Crippen molar-refractivity contribution in [2.45, 2.75) is 25.3 Å². The number of H-pyrrole nitrogens is 1. The number of amides is 1. The average molecular weight is 414 g/mol. The van der Waals surface area contributed by atoms with Gasteiger partial charge < -0.3 is 9.88 Å². The Balaban J connectivity index is 1.44. The number of piperidine rings is 1. The van der Waals surface area contributed by atoms with Crippen LogP contribution in [0, 0.1) is 0 Å². The van der Waals surface area contributed by atoms with Crippen LogP contribution in [-0.4, -0.2) is 48.6 Å². The minimum atomic E-state index is -0.213. The van der Waals surface area contributed by atoms with Crippen molar-refractivity contribution in [3.05, 3.63) is 88.4 Å². The molecule has 1 aliphatic rings. The van der Waals surface area contributed by atoms with E-state index in [-0.39, 0.29) is 17.5 Å². The molecule has 4 aromatic rings. The van der Waals surface area contributed by atoms with Crippen LogP contribution in [0.25, 0.3) is 11.0 Å². The van der Waals surface area contributed by atoms with Gasteiger partial charge in [-0.1, -0.05) is 24.3 Å². The maximum absolute atomic E-state index is 12.9. The largest absolute Gasteiger partial charge is 0.337 e. The van der Waals surface area contributed by atoms with E-state index in [1.54, 1.807) is 17.1 Å². The van der Waals surface area contributed by atoms with Crippen LogP contribution in [-0.2, 0) is 6.42 Å². The number of hydrogen-bond donors (Lipinski definition) is 1. The lowest BCUT2D eigenvalue weighted by Gasteiger charge is -2.33. The first-order valence-electron chi connectivity index (χ1n) is 10.4. The van der Waals surface area contributed by atoms with Gasteiger partial charge in [0.2, 0.25) is 0 Å². The van der Waals surface area contributed by atoms with Crippen LogP contribution in [0.15, 0.2) is 65.7 Å². The summed E-state index contributed by atoms with van der Waals surface area (Å²) in [7, 11) is 0. The summed E-state index contributed by atoms with van der Waals surface area (Å²) in [5.74, 6) is 0.564. The number of nitrogens with one attached hydrogen (secondary N) is 1. The number of pyridine rings is 1. The van der Waals surface area contributed by atoms with E-state index in [1.165, 1.54) is 0 Å². The van der Waals surface area contributed by atoms with Gasteiger partial charge in [0, 0.05) is 37.0 Å². The number of carbonyl (C=O) groups excluding carboxylic acids is 1. The Bertz CT molecular complexity index is 1270. The number of nitrogens with zero attached hydrogens (tertiary/aromatic N) is 5. The topological polar surface area (TPSA) is 96.8 Å².